The molecule has 0 unspecified atom stereocenters. The summed E-state index contributed by atoms with van der Waals surface area (Å²) in [6.07, 6.45) is 3.28. The molecule has 0 spiro atoms. The number of thiazole rings is 1. The Balaban J connectivity index is 1.28. The van der Waals surface area contributed by atoms with Gasteiger partial charge in [-0.3, -0.25) is 14.4 Å². The summed E-state index contributed by atoms with van der Waals surface area (Å²) in [6.45, 7) is 1.36. The van der Waals surface area contributed by atoms with E-state index < -0.39 is 0 Å². The van der Waals surface area contributed by atoms with Gasteiger partial charge in [-0.2, -0.15) is 0 Å². The van der Waals surface area contributed by atoms with Gasteiger partial charge in [-0.05, 0) is 30.5 Å². The van der Waals surface area contributed by atoms with Gasteiger partial charge >= 0.3 is 0 Å². The lowest BCUT2D eigenvalue weighted by molar-refractivity contribution is -0.138. The fraction of sp³-hybridized carbons (Fsp3) is 0.455. The molecule has 0 aliphatic carbocycles. The summed E-state index contributed by atoms with van der Waals surface area (Å²) in [5, 5.41) is 7.75. The van der Waals surface area contributed by atoms with E-state index in [0.29, 0.717) is 36.3 Å². The Morgan fingerprint density at radius 3 is 2.82 bits per heavy atom. The monoisotopic (exact) mass is 474 g/mol. The van der Waals surface area contributed by atoms with E-state index in [0.717, 1.165) is 18.4 Å². The van der Waals surface area contributed by atoms with E-state index in [1.54, 1.807) is 17.6 Å². The van der Waals surface area contributed by atoms with Crippen molar-refractivity contribution >= 4 is 34.2 Å². The lowest BCUT2D eigenvalue weighted by Crippen LogP contribution is -2.44. The van der Waals surface area contributed by atoms with Crippen LogP contribution in [0.3, 0.4) is 0 Å². The number of benzene rings is 1. The maximum absolute atomic E-state index is 12.8. The minimum atomic E-state index is -0.289. The molecule has 3 amide bonds. The van der Waals surface area contributed by atoms with E-state index in [9.17, 15) is 14.4 Å². The number of aromatic nitrogens is 1. The first kappa shape index (κ1) is 23.0. The van der Waals surface area contributed by atoms with Crippen molar-refractivity contribution in [2.75, 3.05) is 31.8 Å². The Labute approximate surface area is 195 Å². The number of ether oxygens (including phenoxy) is 3. The molecule has 1 fully saturated rings. The van der Waals surface area contributed by atoms with Crippen molar-refractivity contribution in [3.63, 3.8) is 0 Å². The van der Waals surface area contributed by atoms with Crippen LogP contribution in [0.2, 0.25) is 0 Å². The van der Waals surface area contributed by atoms with E-state index >= 15 is 0 Å². The average Bonchev–Trinajstić information content (AvgIpc) is 3.58. The number of carbonyl (C=O) groups excluding carboxylic acids is 3. The molecule has 2 aliphatic rings. The van der Waals surface area contributed by atoms with E-state index in [1.807, 2.05) is 12.1 Å². The van der Waals surface area contributed by atoms with Crippen molar-refractivity contribution in [1.82, 2.24) is 15.2 Å². The van der Waals surface area contributed by atoms with Crippen LogP contribution in [0.25, 0.3) is 0 Å². The minimum absolute atomic E-state index is 0.000625. The normalized spacial score (nSPS) is 16.4. The third-order valence-corrected chi connectivity index (χ3v) is 5.99. The molecule has 0 saturated carbocycles. The Morgan fingerprint density at radius 1 is 1.15 bits per heavy atom. The molecule has 2 N–H and O–H groups in total. The molecular weight excluding hydrogens is 448 g/mol. The van der Waals surface area contributed by atoms with Gasteiger partial charge in [0.05, 0.1) is 12.6 Å². The van der Waals surface area contributed by atoms with E-state index in [-0.39, 0.29) is 50.0 Å². The number of amides is 3. The van der Waals surface area contributed by atoms with Crippen LogP contribution in [0, 0.1) is 0 Å². The Hall–Kier alpha value is -3.18. The standard InChI is InChI=1S/C22H26N4O6S/c27-19(25-22-23-7-9-33-22)5-6-21(29)26(12-16-2-1-8-30-16)13-20(28)24-11-15-3-4-17-18(10-15)32-14-31-17/h3-4,7,9-10,16H,1-2,5-6,8,11-14H2,(H,24,28)(H,23,25,27)/t16-/m1/s1. The van der Waals surface area contributed by atoms with E-state index in [4.69, 9.17) is 14.2 Å². The van der Waals surface area contributed by atoms with Gasteiger partial charge in [0.2, 0.25) is 24.5 Å². The molecule has 2 aliphatic heterocycles. The van der Waals surface area contributed by atoms with Crippen molar-refractivity contribution in [2.45, 2.75) is 38.3 Å². The van der Waals surface area contributed by atoms with Crippen LogP contribution in [0.15, 0.2) is 29.8 Å². The number of hydrogen-bond donors (Lipinski definition) is 2. The maximum atomic E-state index is 12.8. The van der Waals surface area contributed by atoms with Crippen molar-refractivity contribution < 1.29 is 28.6 Å². The number of nitrogens with one attached hydrogen (secondary N) is 2. The van der Waals surface area contributed by atoms with Gasteiger partial charge in [0.1, 0.15) is 0 Å². The van der Waals surface area contributed by atoms with Gasteiger partial charge in [-0.1, -0.05) is 6.07 Å². The van der Waals surface area contributed by atoms with Crippen molar-refractivity contribution in [1.29, 1.82) is 0 Å². The predicted molar refractivity (Wildman–Crippen MR) is 120 cm³/mol. The molecule has 2 aromatic rings. The molecule has 0 radical (unpaired) electrons. The SMILES string of the molecule is O=C(CN(C[C@H]1CCCO1)C(=O)CCC(=O)Nc1nccs1)NCc1ccc2c(c1)OCO2. The summed E-state index contributed by atoms with van der Waals surface area (Å²) in [6, 6.07) is 5.47. The summed E-state index contributed by atoms with van der Waals surface area (Å²) >= 11 is 1.31. The molecule has 1 aromatic carbocycles. The molecule has 1 atom stereocenters. The van der Waals surface area contributed by atoms with Crippen molar-refractivity contribution in [2.24, 2.45) is 0 Å². The first-order chi connectivity index (χ1) is 16.1. The predicted octanol–water partition coefficient (Wildman–Crippen LogP) is 1.91. The molecule has 10 nitrogen and oxygen atoms in total. The lowest BCUT2D eigenvalue weighted by Gasteiger charge is -2.25. The highest BCUT2D eigenvalue weighted by Crippen LogP contribution is 2.32. The first-order valence-electron chi connectivity index (χ1n) is 10.8. The van der Waals surface area contributed by atoms with Gasteiger partial charge in [0.15, 0.2) is 16.6 Å². The van der Waals surface area contributed by atoms with Crippen molar-refractivity contribution in [3.05, 3.63) is 35.3 Å². The van der Waals surface area contributed by atoms with Crippen LogP contribution in [-0.2, 0) is 25.7 Å². The summed E-state index contributed by atoms with van der Waals surface area (Å²) in [4.78, 5) is 43.0. The number of rotatable bonds is 10. The fourth-order valence-corrected chi connectivity index (χ4v) is 4.16. The van der Waals surface area contributed by atoms with Gasteiger partial charge < -0.3 is 29.7 Å². The molecule has 33 heavy (non-hydrogen) atoms. The second-order valence-electron chi connectivity index (χ2n) is 7.76. The number of carbonyl (C=O) groups is 3. The number of nitrogens with zero attached hydrogens (tertiary/aromatic N) is 2. The van der Waals surface area contributed by atoms with Crippen LogP contribution >= 0.6 is 11.3 Å². The van der Waals surface area contributed by atoms with E-state index in [1.165, 1.54) is 16.2 Å². The van der Waals surface area contributed by atoms with Crippen LogP contribution in [0.4, 0.5) is 5.13 Å². The molecular formula is C22H26N4O6S. The zero-order chi connectivity index (χ0) is 23.0. The zero-order valence-electron chi connectivity index (χ0n) is 18.1. The molecule has 11 heteroatoms. The summed E-state index contributed by atoms with van der Waals surface area (Å²) in [5.74, 6) is 0.483. The molecule has 0 bridgehead atoms. The quantitative estimate of drug-likeness (QED) is 0.540. The van der Waals surface area contributed by atoms with Crippen LogP contribution in [-0.4, -0.2) is 60.2 Å². The third kappa shape index (κ3) is 6.65. The highest BCUT2D eigenvalue weighted by molar-refractivity contribution is 7.13. The van der Waals surface area contributed by atoms with Gasteiger partial charge in [-0.25, -0.2) is 4.98 Å². The smallest absolute Gasteiger partial charge is 0.239 e. The largest absolute Gasteiger partial charge is 0.454 e. The Bertz CT molecular complexity index is 977. The number of hydrogen-bond acceptors (Lipinski definition) is 8. The second-order valence-corrected chi connectivity index (χ2v) is 8.65. The number of fused-ring (bicyclic) bond motifs is 1. The van der Waals surface area contributed by atoms with Crippen LogP contribution in [0.1, 0.15) is 31.2 Å². The van der Waals surface area contributed by atoms with Gasteiger partial charge in [0, 0.05) is 44.1 Å². The Morgan fingerprint density at radius 2 is 2.03 bits per heavy atom. The van der Waals surface area contributed by atoms with Gasteiger partial charge in [0.25, 0.3) is 0 Å². The molecule has 4 rings (SSSR count). The topological polar surface area (TPSA) is 119 Å². The zero-order valence-corrected chi connectivity index (χ0v) is 18.9. The Kier molecular flexibility index (Phi) is 7.74. The maximum Gasteiger partial charge on any atom is 0.239 e. The molecule has 3 heterocycles. The number of anilines is 1. The lowest BCUT2D eigenvalue weighted by atomic mass is 10.2. The fourth-order valence-electron chi connectivity index (χ4n) is 3.62. The molecule has 176 valence electrons. The second kappa shape index (κ2) is 11.1. The first-order valence-corrected chi connectivity index (χ1v) is 11.7. The van der Waals surface area contributed by atoms with Crippen LogP contribution < -0.4 is 20.1 Å². The van der Waals surface area contributed by atoms with Crippen molar-refractivity contribution in [3.8, 4) is 11.5 Å². The highest BCUT2D eigenvalue weighted by atomic mass is 32.1. The van der Waals surface area contributed by atoms with Crippen LogP contribution in [0.5, 0.6) is 11.5 Å². The molecule has 1 saturated heterocycles. The summed E-state index contributed by atoms with van der Waals surface area (Å²) in [7, 11) is 0. The summed E-state index contributed by atoms with van der Waals surface area (Å²) in [5.41, 5.74) is 0.864. The molecule has 1 aromatic heterocycles. The summed E-state index contributed by atoms with van der Waals surface area (Å²) < 4.78 is 16.3. The van der Waals surface area contributed by atoms with Gasteiger partial charge in [-0.15, -0.1) is 11.3 Å². The minimum Gasteiger partial charge on any atom is -0.454 e. The third-order valence-electron chi connectivity index (χ3n) is 5.31. The average molecular weight is 475 g/mol. The van der Waals surface area contributed by atoms with E-state index in [2.05, 4.69) is 15.6 Å². The highest BCUT2D eigenvalue weighted by Gasteiger charge is 2.25.